The van der Waals surface area contributed by atoms with Gasteiger partial charge in [-0.15, -0.1) is 0 Å². The molecule has 0 saturated heterocycles. The summed E-state index contributed by atoms with van der Waals surface area (Å²) in [7, 11) is 1.56. The molecule has 1 saturated carbocycles. The molecule has 1 aliphatic rings. The third kappa shape index (κ3) is 6.04. The Morgan fingerprint density at radius 1 is 1.19 bits per heavy atom. The first-order chi connectivity index (χ1) is 12.3. The summed E-state index contributed by atoms with van der Waals surface area (Å²) in [5, 5.41) is 2.79. The lowest BCUT2D eigenvalue weighted by molar-refractivity contribution is -0.147. The Bertz CT molecular complexity index is 627. The van der Waals surface area contributed by atoms with Crippen molar-refractivity contribution in [2.45, 2.75) is 64.7 Å². The highest BCUT2D eigenvalue weighted by molar-refractivity contribution is 5.94. The Balaban J connectivity index is 1.85. The van der Waals surface area contributed by atoms with Gasteiger partial charge in [-0.1, -0.05) is 52.5 Å². The van der Waals surface area contributed by atoms with E-state index < -0.39 is 0 Å². The minimum absolute atomic E-state index is 0.0432. The first-order valence-corrected chi connectivity index (χ1v) is 9.43. The number of amides is 1. The third-order valence-corrected chi connectivity index (χ3v) is 4.94. The fourth-order valence-corrected chi connectivity index (χ4v) is 3.30. The summed E-state index contributed by atoms with van der Waals surface area (Å²) in [4.78, 5) is 24.0. The lowest BCUT2D eigenvalue weighted by Crippen LogP contribution is -2.22. The highest BCUT2D eigenvalue weighted by Crippen LogP contribution is 2.31. The molecule has 1 aliphatic carbocycles. The van der Waals surface area contributed by atoms with Gasteiger partial charge in [0.1, 0.15) is 5.75 Å². The second-order valence-corrected chi connectivity index (χ2v) is 8.06. The maximum absolute atomic E-state index is 12.2. The number of carbonyl (C=O) groups excluding carboxylic acids is 2. The Morgan fingerprint density at radius 3 is 2.50 bits per heavy atom. The number of ether oxygens (including phenoxy) is 2. The number of esters is 1. The number of hydrogen-bond donors (Lipinski definition) is 1. The van der Waals surface area contributed by atoms with Gasteiger partial charge in [-0.05, 0) is 35.4 Å². The summed E-state index contributed by atoms with van der Waals surface area (Å²) in [6, 6.07) is 5.72. The molecule has 5 nitrogen and oxygen atoms in total. The predicted octanol–water partition coefficient (Wildman–Crippen LogP) is 4.44. The fraction of sp³-hybridized carbons (Fsp3) is 0.619. The number of hydrogen-bond acceptors (Lipinski definition) is 4. The van der Waals surface area contributed by atoms with E-state index in [1.165, 1.54) is 25.7 Å². The van der Waals surface area contributed by atoms with E-state index in [9.17, 15) is 9.59 Å². The molecule has 1 N–H and O–H groups in total. The van der Waals surface area contributed by atoms with Crippen LogP contribution in [0.3, 0.4) is 0 Å². The smallest absolute Gasteiger partial charge is 0.306 e. The first kappa shape index (κ1) is 20.3. The van der Waals surface area contributed by atoms with Crippen molar-refractivity contribution in [3.05, 3.63) is 23.8 Å². The summed E-state index contributed by atoms with van der Waals surface area (Å²) in [6.45, 7) is 6.04. The number of nitrogens with one attached hydrogen (secondary N) is 1. The van der Waals surface area contributed by atoms with Crippen LogP contribution in [0.15, 0.2) is 18.2 Å². The molecule has 0 spiro atoms. The highest BCUT2D eigenvalue weighted by atomic mass is 16.5. The summed E-state index contributed by atoms with van der Waals surface area (Å²) in [5.41, 5.74) is 1.63. The average molecular weight is 361 g/mol. The Morgan fingerprint density at radius 2 is 1.88 bits per heavy atom. The first-order valence-electron chi connectivity index (χ1n) is 9.43. The minimum Gasteiger partial charge on any atom is -0.495 e. The standard InChI is InChI=1S/C21H31NO4/c1-21(2,3)16-10-11-18(25-4)17(13-16)22-19(23)14-26-20(24)12-9-15-7-5-6-8-15/h10-11,13,15H,5-9,12,14H2,1-4H3,(H,22,23). The second kappa shape index (κ2) is 9.06. The summed E-state index contributed by atoms with van der Waals surface area (Å²) in [5.74, 6) is 0.561. The molecule has 26 heavy (non-hydrogen) atoms. The third-order valence-electron chi connectivity index (χ3n) is 4.94. The van der Waals surface area contributed by atoms with E-state index in [2.05, 4.69) is 26.1 Å². The van der Waals surface area contributed by atoms with Gasteiger partial charge in [0.2, 0.25) is 0 Å². The maximum Gasteiger partial charge on any atom is 0.306 e. The molecule has 0 atom stereocenters. The quantitative estimate of drug-likeness (QED) is 0.729. The van der Waals surface area contributed by atoms with Crippen LogP contribution in [0.5, 0.6) is 5.75 Å². The van der Waals surface area contributed by atoms with Gasteiger partial charge >= 0.3 is 5.97 Å². The van der Waals surface area contributed by atoms with E-state index in [0.717, 1.165) is 12.0 Å². The van der Waals surface area contributed by atoms with Crippen LogP contribution in [-0.2, 0) is 19.7 Å². The summed E-state index contributed by atoms with van der Waals surface area (Å²) < 4.78 is 10.4. The Labute approximate surface area is 156 Å². The molecule has 1 amide bonds. The molecule has 0 unspecified atom stereocenters. The number of methoxy groups -OCH3 is 1. The molecule has 0 heterocycles. The Kier molecular flexibility index (Phi) is 7.06. The van der Waals surface area contributed by atoms with Crippen molar-refractivity contribution in [1.29, 1.82) is 0 Å². The monoisotopic (exact) mass is 361 g/mol. The van der Waals surface area contributed by atoms with Crippen molar-refractivity contribution in [3.8, 4) is 5.75 Å². The van der Waals surface area contributed by atoms with E-state index in [0.29, 0.717) is 23.8 Å². The minimum atomic E-state index is -0.358. The van der Waals surface area contributed by atoms with Gasteiger partial charge in [-0.2, -0.15) is 0 Å². The van der Waals surface area contributed by atoms with E-state index in [-0.39, 0.29) is 23.9 Å². The molecular weight excluding hydrogens is 330 g/mol. The highest BCUT2D eigenvalue weighted by Gasteiger charge is 2.19. The number of carbonyl (C=O) groups is 2. The number of benzene rings is 1. The van der Waals surface area contributed by atoms with Crippen molar-refractivity contribution in [2.24, 2.45) is 5.92 Å². The van der Waals surface area contributed by atoms with Gasteiger partial charge < -0.3 is 14.8 Å². The van der Waals surface area contributed by atoms with Gasteiger partial charge in [0, 0.05) is 6.42 Å². The van der Waals surface area contributed by atoms with Crippen LogP contribution >= 0.6 is 0 Å². The lowest BCUT2D eigenvalue weighted by atomic mass is 9.87. The fourth-order valence-electron chi connectivity index (χ4n) is 3.30. The van der Waals surface area contributed by atoms with Crippen LogP contribution in [0.1, 0.15) is 64.9 Å². The zero-order valence-electron chi connectivity index (χ0n) is 16.4. The summed E-state index contributed by atoms with van der Waals surface area (Å²) in [6.07, 6.45) is 6.19. The lowest BCUT2D eigenvalue weighted by Gasteiger charge is -2.21. The van der Waals surface area contributed by atoms with Crippen molar-refractivity contribution in [1.82, 2.24) is 0 Å². The van der Waals surface area contributed by atoms with E-state index in [1.807, 2.05) is 18.2 Å². The Hall–Kier alpha value is -2.04. The molecule has 1 aromatic rings. The maximum atomic E-state index is 12.2. The van der Waals surface area contributed by atoms with E-state index in [4.69, 9.17) is 9.47 Å². The largest absolute Gasteiger partial charge is 0.495 e. The molecule has 0 bridgehead atoms. The van der Waals surface area contributed by atoms with Gasteiger partial charge in [-0.25, -0.2) is 0 Å². The molecule has 5 heteroatoms. The molecule has 2 rings (SSSR count). The van der Waals surface area contributed by atoms with Crippen LogP contribution in [0.25, 0.3) is 0 Å². The number of rotatable bonds is 7. The molecule has 0 aromatic heterocycles. The predicted molar refractivity (Wildman–Crippen MR) is 102 cm³/mol. The number of anilines is 1. The van der Waals surface area contributed by atoms with Gasteiger partial charge in [-0.3, -0.25) is 9.59 Å². The van der Waals surface area contributed by atoms with Crippen LogP contribution in [0.2, 0.25) is 0 Å². The molecule has 144 valence electrons. The van der Waals surface area contributed by atoms with Crippen LogP contribution in [0, 0.1) is 5.92 Å². The van der Waals surface area contributed by atoms with Crippen molar-refractivity contribution >= 4 is 17.6 Å². The molecule has 1 fully saturated rings. The molecule has 1 aromatic carbocycles. The van der Waals surface area contributed by atoms with Gasteiger partial charge in [0.05, 0.1) is 12.8 Å². The molecule has 0 aliphatic heterocycles. The van der Waals surface area contributed by atoms with Gasteiger partial charge in [0.25, 0.3) is 5.91 Å². The molecule has 0 radical (unpaired) electrons. The van der Waals surface area contributed by atoms with Crippen molar-refractivity contribution in [3.63, 3.8) is 0 Å². The van der Waals surface area contributed by atoms with Crippen LogP contribution in [0.4, 0.5) is 5.69 Å². The molecular formula is C21H31NO4. The zero-order valence-corrected chi connectivity index (χ0v) is 16.4. The van der Waals surface area contributed by atoms with Crippen LogP contribution in [-0.4, -0.2) is 25.6 Å². The van der Waals surface area contributed by atoms with Crippen molar-refractivity contribution in [2.75, 3.05) is 19.0 Å². The van der Waals surface area contributed by atoms with Gasteiger partial charge in [0.15, 0.2) is 6.61 Å². The van der Waals surface area contributed by atoms with E-state index >= 15 is 0 Å². The normalized spacial score (nSPS) is 14.9. The summed E-state index contributed by atoms with van der Waals surface area (Å²) >= 11 is 0. The van der Waals surface area contributed by atoms with Crippen LogP contribution < -0.4 is 10.1 Å². The second-order valence-electron chi connectivity index (χ2n) is 8.06. The topological polar surface area (TPSA) is 64.6 Å². The van der Waals surface area contributed by atoms with Crippen molar-refractivity contribution < 1.29 is 19.1 Å². The zero-order chi connectivity index (χ0) is 19.2. The SMILES string of the molecule is COc1ccc(C(C)(C)C)cc1NC(=O)COC(=O)CCC1CCCC1. The average Bonchev–Trinajstić information content (AvgIpc) is 3.11. The van der Waals surface area contributed by atoms with E-state index in [1.54, 1.807) is 7.11 Å².